The van der Waals surface area contributed by atoms with Crippen LogP contribution in [0.1, 0.15) is 26.7 Å². The van der Waals surface area contributed by atoms with E-state index < -0.39 is 0 Å². The second kappa shape index (κ2) is 6.26. The Morgan fingerprint density at radius 1 is 1.44 bits per heavy atom. The lowest BCUT2D eigenvalue weighted by Crippen LogP contribution is -2.10. The number of anilines is 1. The molecule has 1 aromatic rings. The van der Waals surface area contributed by atoms with Crippen LogP contribution in [-0.2, 0) is 0 Å². The van der Waals surface area contributed by atoms with Crippen molar-refractivity contribution in [2.75, 3.05) is 19.0 Å². The summed E-state index contributed by atoms with van der Waals surface area (Å²) in [6.45, 7) is 5.34. The van der Waals surface area contributed by atoms with Crippen molar-refractivity contribution in [3.05, 3.63) is 18.2 Å². The third-order valence-corrected chi connectivity index (χ3v) is 2.61. The van der Waals surface area contributed by atoms with Gasteiger partial charge in [-0.25, -0.2) is 0 Å². The van der Waals surface area contributed by atoms with Crippen LogP contribution >= 0.6 is 0 Å². The van der Waals surface area contributed by atoms with Gasteiger partial charge in [0.25, 0.3) is 0 Å². The van der Waals surface area contributed by atoms with E-state index in [1.165, 1.54) is 12.8 Å². The van der Waals surface area contributed by atoms with Crippen LogP contribution < -0.4 is 10.1 Å². The van der Waals surface area contributed by atoms with Crippen LogP contribution in [0.25, 0.3) is 0 Å². The molecular weight excluding hydrogens is 202 g/mol. The first-order valence-electron chi connectivity index (χ1n) is 5.78. The molecule has 1 aromatic carbocycles. The van der Waals surface area contributed by atoms with Crippen LogP contribution in [0.5, 0.6) is 11.5 Å². The topological polar surface area (TPSA) is 41.5 Å². The highest BCUT2D eigenvalue weighted by atomic mass is 16.5. The largest absolute Gasteiger partial charge is 0.504 e. The van der Waals surface area contributed by atoms with Gasteiger partial charge in [0, 0.05) is 18.3 Å². The Balaban J connectivity index is 2.51. The second-order valence-corrected chi connectivity index (χ2v) is 4.16. The van der Waals surface area contributed by atoms with Crippen molar-refractivity contribution in [3.8, 4) is 11.5 Å². The van der Waals surface area contributed by atoms with Gasteiger partial charge in [-0.05, 0) is 24.5 Å². The number of hydrogen-bond donors (Lipinski definition) is 2. The number of hydrogen-bond acceptors (Lipinski definition) is 3. The maximum absolute atomic E-state index is 9.59. The van der Waals surface area contributed by atoms with Gasteiger partial charge < -0.3 is 15.2 Å². The molecule has 0 amide bonds. The third kappa shape index (κ3) is 3.65. The second-order valence-electron chi connectivity index (χ2n) is 4.16. The average molecular weight is 223 g/mol. The van der Waals surface area contributed by atoms with Gasteiger partial charge in [0.05, 0.1) is 7.11 Å². The quantitative estimate of drug-likeness (QED) is 0.777. The zero-order chi connectivity index (χ0) is 12.0. The molecule has 90 valence electrons. The normalized spacial score (nSPS) is 12.2. The van der Waals surface area contributed by atoms with E-state index in [9.17, 15) is 5.11 Å². The van der Waals surface area contributed by atoms with Crippen LogP contribution in [0, 0.1) is 5.92 Å². The van der Waals surface area contributed by atoms with Crippen LogP contribution in [0.3, 0.4) is 0 Å². The van der Waals surface area contributed by atoms with E-state index in [0.29, 0.717) is 11.7 Å². The number of methoxy groups -OCH3 is 1. The monoisotopic (exact) mass is 223 g/mol. The molecule has 0 saturated carbocycles. The summed E-state index contributed by atoms with van der Waals surface area (Å²) in [6, 6.07) is 5.37. The van der Waals surface area contributed by atoms with Crippen LogP contribution in [0.4, 0.5) is 5.69 Å². The van der Waals surface area contributed by atoms with Gasteiger partial charge in [0.2, 0.25) is 0 Å². The predicted molar refractivity (Wildman–Crippen MR) is 67.2 cm³/mol. The molecular formula is C13H21NO2. The minimum atomic E-state index is 0.177. The molecule has 0 radical (unpaired) electrons. The highest BCUT2D eigenvalue weighted by molar-refractivity contribution is 5.54. The fourth-order valence-electron chi connectivity index (χ4n) is 1.69. The zero-order valence-electron chi connectivity index (χ0n) is 10.3. The van der Waals surface area contributed by atoms with Gasteiger partial charge >= 0.3 is 0 Å². The number of ether oxygens (including phenoxy) is 1. The van der Waals surface area contributed by atoms with E-state index in [0.717, 1.165) is 12.2 Å². The maximum Gasteiger partial charge on any atom is 0.160 e. The molecule has 3 nitrogen and oxygen atoms in total. The number of aromatic hydroxyl groups is 1. The molecule has 0 saturated heterocycles. The van der Waals surface area contributed by atoms with Gasteiger partial charge in [-0.15, -0.1) is 0 Å². The van der Waals surface area contributed by atoms with E-state index in [2.05, 4.69) is 19.2 Å². The predicted octanol–water partition coefficient (Wildman–Crippen LogP) is 3.25. The minimum Gasteiger partial charge on any atom is -0.504 e. The molecule has 0 aliphatic heterocycles. The Morgan fingerprint density at radius 2 is 2.19 bits per heavy atom. The SMILES string of the molecule is CCCC(C)CNc1ccc(OC)c(O)c1. The summed E-state index contributed by atoms with van der Waals surface area (Å²) in [5, 5.41) is 12.9. The standard InChI is InChI=1S/C13H21NO2/c1-4-5-10(2)9-14-11-6-7-13(16-3)12(15)8-11/h6-8,10,14-15H,4-5,9H2,1-3H3. The molecule has 0 aromatic heterocycles. The Labute approximate surface area is 97.4 Å². The molecule has 1 rings (SSSR count). The Morgan fingerprint density at radius 3 is 2.75 bits per heavy atom. The van der Waals surface area contributed by atoms with E-state index >= 15 is 0 Å². The molecule has 1 atom stereocenters. The van der Waals surface area contributed by atoms with Crippen molar-refractivity contribution < 1.29 is 9.84 Å². The minimum absolute atomic E-state index is 0.177. The first-order chi connectivity index (χ1) is 7.67. The number of phenolic OH excluding ortho intramolecular Hbond substituents is 1. The van der Waals surface area contributed by atoms with E-state index in [-0.39, 0.29) is 5.75 Å². The van der Waals surface area contributed by atoms with Crippen LogP contribution in [0.2, 0.25) is 0 Å². The lowest BCUT2D eigenvalue weighted by atomic mass is 10.1. The Hall–Kier alpha value is -1.38. The highest BCUT2D eigenvalue weighted by Gasteiger charge is 2.04. The van der Waals surface area contributed by atoms with E-state index in [1.54, 1.807) is 19.2 Å². The van der Waals surface area contributed by atoms with Gasteiger partial charge in [-0.3, -0.25) is 0 Å². The van der Waals surface area contributed by atoms with E-state index in [4.69, 9.17) is 4.74 Å². The summed E-state index contributed by atoms with van der Waals surface area (Å²) in [5.41, 5.74) is 0.932. The summed E-state index contributed by atoms with van der Waals surface area (Å²) >= 11 is 0. The van der Waals surface area contributed by atoms with E-state index in [1.807, 2.05) is 6.07 Å². The van der Waals surface area contributed by atoms with Crippen molar-refractivity contribution in [1.82, 2.24) is 0 Å². The molecule has 0 spiro atoms. The molecule has 0 aliphatic rings. The van der Waals surface area contributed by atoms with Crippen molar-refractivity contribution in [1.29, 1.82) is 0 Å². The zero-order valence-corrected chi connectivity index (χ0v) is 10.3. The fourth-order valence-corrected chi connectivity index (χ4v) is 1.69. The molecule has 0 aliphatic carbocycles. The van der Waals surface area contributed by atoms with Crippen LogP contribution in [-0.4, -0.2) is 18.8 Å². The lowest BCUT2D eigenvalue weighted by Gasteiger charge is -2.13. The Kier molecular flexibility index (Phi) is 4.96. The Bertz CT molecular complexity index is 326. The highest BCUT2D eigenvalue weighted by Crippen LogP contribution is 2.28. The molecule has 0 heterocycles. The van der Waals surface area contributed by atoms with Crippen LogP contribution in [0.15, 0.2) is 18.2 Å². The number of benzene rings is 1. The smallest absolute Gasteiger partial charge is 0.160 e. The summed E-state index contributed by atoms with van der Waals surface area (Å²) in [7, 11) is 1.55. The molecule has 3 heteroatoms. The number of phenols is 1. The molecule has 2 N–H and O–H groups in total. The lowest BCUT2D eigenvalue weighted by molar-refractivity contribution is 0.373. The molecule has 0 fully saturated rings. The van der Waals surface area contributed by atoms with Gasteiger partial charge in [0.1, 0.15) is 0 Å². The van der Waals surface area contributed by atoms with Crippen molar-refractivity contribution in [2.45, 2.75) is 26.7 Å². The fraction of sp³-hybridized carbons (Fsp3) is 0.538. The maximum atomic E-state index is 9.59. The van der Waals surface area contributed by atoms with Gasteiger partial charge in [0.15, 0.2) is 11.5 Å². The number of rotatable bonds is 6. The summed E-state index contributed by atoms with van der Waals surface area (Å²) in [6.07, 6.45) is 2.42. The third-order valence-electron chi connectivity index (χ3n) is 2.61. The molecule has 16 heavy (non-hydrogen) atoms. The number of nitrogens with one attached hydrogen (secondary N) is 1. The van der Waals surface area contributed by atoms with Crippen molar-refractivity contribution in [2.24, 2.45) is 5.92 Å². The summed E-state index contributed by atoms with van der Waals surface area (Å²) < 4.78 is 4.99. The molecule has 0 bridgehead atoms. The van der Waals surface area contributed by atoms with Gasteiger partial charge in [-0.1, -0.05) is 20.3 Å². The first kappa shape index (κ1) is 12.7. The average Bonchev–Trinajstić information content (AvgIpc) is 2.27. The van der Waals surface area contributed by atoms with Crippen molar-refractivity contribution >= 4 is 5.69 Å². The summed E-state index contributed by atoms with van der Waals surface area (Å²) in [5.74, 6) is 1.33. The summed E-state index contributed by atoms with van der Waals surface area (Å²) in [4.78, 5) is 0. The first-order valence-corrected chi connectivity index (χ1v) is 5.78. The van der Waals surface area contributed by atoms with Gasteiger partial charge in [-0.2, -0.15) is 0 Å². The molecule has 1 unspecified atom stereocenters. The van der Waals surface area contributed by atoms with Crippen molar-refractivity contribution in [3.63, 3.8) is 0 Å².